The molecule has 0 amide bonds. The van der Waals surface area contributed by atoms with Crippen molar-refractivity contribution in [2.75, 3.05) is 0 Å². The maximum Gasteiger partial charge on any atom is 0.209 e. The molecule has 3 rings (SSSR count). The van der Waals surface area contributed by atoms with Crippen molar-refractivity contribution in [2.45, 2.75) is 20.8 Å². The molecule has 4 nitrogen and oxygen atoms in total. The summed E-state index contributed by atoms with van der Waals surface area (Å²) < 4.78 is 1.75. The van der Waals surface area contributed by atoms with Crippen LogP contribution in [0.1, 0.15) is 16.7 Å². The van der Waals surface area contributed by atoms with Crippen molar-refractivity contribution in [1.82, 2.24) is 9.38 Å². The third-order valence-electron chi connectivity index (χ3n) is 3.55. The molecule has 0 saturated heterocycles. The zero-order chi connectivity index (χ0) is 14.3. The van der Waals surface area contributed by atoms with Crippen LogP contribution in [0.25, 0.3) is 16.9 Å². The predicted octanol–water partition coefficient (Wildman–Crippen LogP) is 4.32. The molecular formula is C16H15N3O. The summed E-state index contributed by atoms with van der Waals surface area (Å²) in [5.74, 6) is 0.359. The minimum Gasteiger partial charge on any atom is -0.281 e. The number of aromatic nitrogens is 2. The molecule has 0 saturated carbocycles. The fraction of sp³-hybridized carbons (Fsp3) is 0.188. The zero-order valence-electron chi connectivity index (χ0n) is 11.7. The van der Waals surface area contributed by atoms with Crippen molar-refractivity contribution < 1.29 is 0 Å². The van der Waals surface area contributed by atoms with Gasteiger partial charge in [-0.25, -0.2) is 4.98 Å². The Kier molecular flexibility index (Phi) is 2.86. The maximum absolute atomic E-state index is 11.3. The van der Waals surface area contributed by atoms with Gasteiger partial charge in [-0.15, -0.1) is 4.91 Å². The Bertz CT molecular complexity index is 818. The van der Waals surface area contributed by atoms with Crippen LogP contribution < -0.4 is 0 Å². The Morgan fingerprint density at radius 1 is 1.10 bits per heavy atom. The molecule has 4 heteroatoms. The third-order valence-corrected chi connectivity index (χ3v) is 3.55. The number of nitroso groups, excluding NO2 is 1. The van der Waals surface area contributed by atoms with Crippen LogP contribution in [0.2, 0.25) is 0 Å². The van der Waals surface area contributed by atoms with Crippen molar-refractivity contribution in [3.05, 3.63) is 58.1 Å². The molecule has 0 unspecified atom stereocenters. The molecule has 2 heterocycles. The second-order valence-corrected chi connectivity index (χ2v) is 5.08. The van der Waals surface area contributed by atoms with Gasteiger partial charge in [-0.05, 0) is 49.2 Å². The highest BCUT2D eigenvalue weighted by Crippen LogP contribution is 2.33. The number of imidazole rings is 1. The number of fused-ring (bicyclic) bond motifs is 1. The SMILES string of the molecule is Cc1ccc(C)c(-c2nc3c(C)cccn3c2N=O)c1. The lowest BCUT2D eigenvalue weighted by molar-refractivity contribution is 1.14. The average molecular weight is 265 g/mol. The van der Waals surface area contributed by atoms with Gasteiger partial charge in [-0.3, -0.25) is 4.40 Å². The molecule has 0 bridgehead atoms. The molecular weight excluding hydrogens is 250 g/mol. The lowest BCUT2D eigenvalue weighted by Gasteiger charge is -2.04. The first-order valence-corrected chi connectivity index (χ1v) is 6.50. The molecule has 0 radical (unpaired) electrons. The number of hydrogen-bond acceptors (Lipinski definition) is 3. The quantitative estimate of drug-likeness (QED) is 0.647. The van der Waals surface area contributed by atoms with Gasteiger partial charge in [0.15, 0.2) is 0 Å². The van der Waals surface area contributed by atoms with E-state index in [-0.39, 0.29) is 0 Å². The van der Waals surface area contributed by atoms with Crippen LogP contribution in [0.5, 0.6) is 0 Å². The van der Waals surface area contributed by atoms with Crippen LogP contribution in [0, 0.1) is 25.7 Å². The van der Waals surface area contributed by atoms with Crippen molar-refractivity contribution in [3.63, 3.8) is 0 Å². The van der Waals surface area contributed by atoms with Crippen molar-refractivity contribution >= 4 is 11.5 Å². The smallest absolute Gasteiger partial charge is 0.209 e. The third kappa shape index (κ3) is 1.81. The Balaban J connectivity index is 2.39. The molecule has 0 aliphatic rings. The lowest BCUT2D eigenvalue weighted by atomic mass is 10.0. The molecule has 1 aromatic carbocycles. The maximum atomic E-state index is 11.3. The Hall–Kier alpha value is -2.49. The first-order chi connectivity index (χ1) is 9.61. The number of benzene rings is 1. The highest BCUT2D eigenvalue weighted by molar-refractivity contribution is 5.77. The van der Waals surface area contributed by atoms with Crippen LogP contribution in [-0.2, 0) is 0 Å². The summed E-state index contributed by atoms with van der Waals surface area (Å²) in [6.45, 7) is 6.02. The van der Waals surface area contributed by atoms with Gasteiger partial charge in [0.25, 0.3) is 0 Å². The van der Waals surface area contributed by atoms with E-state index in [9.17, 15) is 4.91 Å². The number of aryl methyl sites for hydroxylation is 3. The summed E-state index contributed by atoms with van der Waals surface area (Å²) in [6.07, 6.45) is 1.82. The van der Waals surface area contributed by atoms with Crippen molar-refractivity contribution in [1.29, 1.82) is 0 Å². The second-order valence-electron chi connectivity index (χ2n) is 5.08. The van der Waals surface area contributed by atoms with Crippen LogP contribution in [-0.4, -0.2) is 9.38 Å². The van der Waals surface area contributed by atoms with Crippen molar-refractivity contribution in [3.8, 4) is 11.3 Å². The molecule has 3 aromatic rings. The van der Waals surface area contributed by atoms with Crippen LogP contribution in [0.3, 0.4) is 0 Å². The first-order valence-electron chi connectivity index (χ1n) is 6.50. The van der Waals surface area contributed by atoms with E-state index in [4.69, 9.17) is 0 Å². The summed E-state index contributed by atoms with van der Waals surface area (Å²) in [4.78, 5) is 15.9. The summed E-state index contributed by atoms with van der Waals surface area (Å²) in [6, 6.07) is 10.0. The van der Waals surface area contributed by atoms with Crippen LogP contribution >= 0.6 is 0 Å². The van der Waals surface area contributed by atoms with E-state index in [2.05, 4.69) is 10.2 Å². The molecule has 100 valence electrons. The van der Waals surface area contributed by atoms with Crippen LogP contribution in [0.4, 0.5) is 5.82 Å². The Morgan fingerprint density at radius 3 is 2.65 bits per heavy atom. The monoisotopic (exact) mass is 265 g/mol. The summed E-state index contributed by atoms with van der Waals surface area (Å²) >= 11 is 0. The molecule has 0 fully saturated rings. The topological polar surface area (TPSA) is 46.7 Å². The van der Waals surface area contributed by atoms with E-state index < -0.39 is 0 Å². The van der Waals surface area contributed by atoms with Gasteiger partial charge in [0, 0.05) is 11.8 Å². The van der Waals surface area contributed by atoms with E-state index in [1.54, 1.807) is 4.40 Å². The fourth-order valence-corrected chi connectivity index (χ4v) is 2.45. The lowest BCUT2D eigenvalue weighted by Crippen LogP contribution is -1.86. The summed E-state index contributed by atoms with van der Waals surface area (Å²) in [5.41, 5.74) is 5.63. The molecule has 0 aliphatic heterocycles. The standard InChI is InChI=1S/C16H15N3O/c1-10-6-7-11(2)13(9-10)14-16(18-20)19-8-4-5-12(3)15(19)17-14/h4-9H,1-3H3. The Morgan fingerprint density at radius 2 is 1.90 bits per heavy atom. The van der Waals surface area contributed by atoms with E-state index in [0.29, 0.717) is 11.5 Å². The molecule has 0 aliphatic carbocycles. The number of hydrogen-bond donors (Lipinski definition) is 0. The normalized spacial score (nSPS) is 10.9. The number of nitrogens with zero attached hydrogens (tertiary/aromatic N) is 3. The van der Waals surface area contributed by atoms with E-state index in [1.165, 1.54) is 0 Å². The highest BCUT2D eigenvalue weighted by atomic mass is 16.3. The minimum absolute atomic E-state index is 0.359. The highest BCUT2D eigenvalue weighted by Gasteiger charge is 2.17. The van der Waals surface area contributed by atoms with Gasteiger partial charge < -0.3 is 0 Å². The Labute approximate surface area is 117 Å². The molecule has 0 atom stereocenters. The van der Waals surface area contributed by atoms with Gasteiger partial charge in [0.1, 0.15) is 11.3 Å². The first kappa shape index (κ1) is 12.5. The number of pyridine rings is 1. The van der Waals surface area contributed by atoms with Crippen LogP contribution in [0.15, 0.2) is 41.7 Å². The van der Waals surface area contributed by atoms with E-state index in [1.807, 2.05) is 57.3 Å². The largest absolute Gasteiger partial charge is 0.281 e. The van der Waals surface area contributed by atoms with Gasteiger partial charge in [0.2, 0.25) is 5.82 Å². The number of rotatable bonds is 2. The molecule has 0 spiro atoms. The van der Waals surface area contributed by atoms with Gasteiger partial charge in [-0.1, -0.05) is 23.8 Å². The second kappa shape index (κ2) is 4.56. The molecule has 0 N–H and O–H groups in total. The average Bonchev–Trinajstić information content (AvgIpc) is 2.81. The van der Waals surface area contributed by atoms with Gasteiger partial charge in [0.05, 0.1) is 0 Å². The van der Waals surface area contributed by atoms with E-state index in [0.717, 1.165) is 27.9 Å². The molecule has 20 heavy (non-hydrogen) atoms. The van der Waals surface area contributed by atoms with Crippen molar-refractivity contribution in [2.24, 2.45) is 5.18 Å². The minimum atomic E-state index is 0.359. The zero-order valence-corrected chi connectivity index (χ0v) is 11.7. The van der Waals surface area contributed by atoms with Gasteiger partial charge in [-0.2, -0.15) is 0 Å². The molecule has 2 aromatic heterocycles. The fourth-order valence-electron chi connectivity index (χ4n) is 2.45. The summed E-state index contributed by atoms with van der Waals surface area (Å²) in [5, 5.41) is 3.20. The summed E-state index contributed by atoms with van der Waals surface area (Å²) in [7, 11) is 0. The van der Waals surface area contributed by atoms with E-state index >= 15 is 0 Å². The van der Waals surface area contributed by atoms with Gasteiger partial charge >= 0.3 is 0 Å². The predicted molar refractivity (Wildman–Crippen MR) is 80.3 cm³/mol.